The van der Waals surface area contributed by atoms with Crippen LogP contribution in [0.2, 0.25) is 0 Å². The Morgan fingerprint density at radius 1 is 1.21 bits per heavy atom. The SMILES string of the molecule is Cc1nc(C(=O)N2CCN(S(C)(=O)=O)[C@@H]3CS(=O)(=O)C[C@@H]32)c(C)o1. The lowest BCUT2D eigenvalue weighted by molar-refractivity contribution is 0.0509. The van der Waals surface area contributed by atoms with Crippen molar-refractivity contribution in [3.05, 3.63) is 17.3 Å². The summed E-state index contributed by atoms with van der Waals surface area (Å²) in [4.78, 5) is 18.3. The lowest BCUT2D eigenvalue weighted by Gasteiger charge is -2.42. The number of piperazine rings is 1. The first kappa shape index (κ1) is 17.4. The number of nitrogens with zero attached hydrogens (tertiary/aromatic N) is 3. The number of sulfonamides is 1. The summed E-state index contributed by atoms with van der Waals surface area (Å²) in [5.41, 5.74) is 0.142. The van der Waals surface area contributed by atoms with Gasteiger partial charge >= 0.3 is 0 Å². The minimum Gasteiger partial charge on any atom is -0.445 e. The first-order chi connectivity index (χ1) is 11.0. The van der Waals surface area contributed by atoms with Gasteiger partial charge in [-0.3, -0.25) is 4.79 Å². The molecule has 1 amide bonds. The zero-order chi connectivity index (χ0) is 17.9. The molecule has 2 fully saturated rings. The Labute approximate surface area is 140 Å². The molecule has 9 nitrogen and oxygen atoms in total. The Balaban J connectivity index is 1.97. The van der Waals surface area contributed by atoms with Crippen molar-refractivity contribution in [1.29, 1.82) is 0 Å². The van der Waals surface area contributed by atoms with Crippen molar-refractivity contribution in [2.45, 2.75) is 25.9 Å². The first-order valence-corrected chi connectivity index (χ1v) is 11.1. The number of aryl methyl sites for hydroxylation is 2. The predicted octanol–water partition coefficient (Wildman–Crippen LogP) is -0.826. The monoisotopic (exact) mass is 377 g/mol. The fourth-order valence-corrected chi connectivity index (χ4v) is 6.64. The fourth-order valence-electron chi connectivity index (χ4n) is 3.45. The molecule has 134 valence electrons. The van der Waals surface area contributed by atoms with E-state index in [2.05, 4.69) is 4.98 Å². The average Bonchev–Trinajstić information content (AvgIpc) is 2.93. The van der Waals surface area contributed by atoms with Gasteiger partial charge in [0.15, 0.2) is 21.4 Å². The van der Waals surface area contributed by atoms with E-state index >= 15 is 0 Å². The smallest absolute Gasteiger partial charge is 0.276 e. The summed E-state index contributed by atoms with van der Waals surface area (Å²) >= 11 is 0. The van der Waals surface area contributed by atoms with Gasteiger partial charge in [-0.2, -0.15) is 4.31 Å². The molecule has 2 saturated heterocycles. The van der Waals surface area contributed by atoms with E-state index < -0.39 is 37.9 Å². The Morgan fingerprint density at radius 3 is 2.38 bits per heavy atom. The summed E-state index contributed by atoms with van der Waals surface area (Å²) in [6.07, 6.45) is 1.05. The van der Waals surface area contributed by atoms with Crippen LogP contribution in [0.1, 0.15) is 22.1 Å². The van der Waals surface area contributed by atoms with E-state index in [4.69, 9.17) is 4.42 Å². The van der Waals surface area contributed by atoms with Crippen LogP contribution in [0, 0.1) is 13.8 Å². The number of rotatable bonds is 2. The molecule has 0 bridgehead atoms. The normalized spacial score (nSPS) is 27.2. The van der Waals surface area contributed by atoms with Crippen molar-refractivity contribution >= 4 is 25.8 Å². The van der Waals surface area contributed by atoms with Gasteiger partial charge in [0.2, 0.25) is 10.0 Å². The molecule has 24 heavy (non-hydrogen) atoms. The Hall–Kier alpha value is -1.46. The Kier molecular flexibility index (Phi) is 4.00. The largest absolute Gasteiger partial charge is 0.445 e. The van der Waals surface area contributed by atoms with Crippen LogP contribution in [0.5, 0.6) is 0 Å². The molecule has 11 heteroatoms. The summed E-state index contributed by atoms with van der Waals surface area (Å²) in [6.45, 7) is 3.42. The molecule has 0 radical (unpaired) electrons. The molecule has 0 N–H and O–H groups in total. The van der Waals surface area contributed by atoms with Crippen molar-refractivity contribution in [2.24, 2.45) is 0 Å². The highest BCUT2D eigenvalue weighted by Crippen LogP contribution is 2.30. The van der Waals surface area contributed by atoms with Crippen molar-refractivity contribution < 1.29 is 26.0 Å². The molecule has 0 aliphatic carbocycles. The maximum Gasteiger partial charge on any atom is 0.276 e. The highest BCUT2D eigenvalue weighted by atomic mass is 32.2. The van der Waals surface area contributed by atoms with Crippen LogP contribution < -0.4 is 0 Å². The molecule has 2 aliphatic rings. The van der Waals surface area contributed by atoms with Crippen LogP contribution in [-0.2, 0) is 19.9 Å². The lowest BCUT2D eigenvalue weighted by atomic mass is 10.1. The lowest BCUT2D eigenvalue weighted by Crippen LogP contribution is -2.61. The van der Waals surface area contributed by atoms with Gasteiger partial charge in [-0.25, -0.2) is 21.8 Å². The predicted molar refractivity (Wildman–Crippen MR) is 84.8 cm³/mol. The van der Waals surface area contributed by atoms with Crippen LogP contribution >= 0.6 is 0 Å². The molecule has 0 unspecified atom stereocenters. The second kappa shape index (κ2) is 5.53. The van der Waals surface area contributed by atoms with Gasteiger partial charge in [0.1, 0.15) is 5.76 Å². The van der Waals surface area contributed by atoms with Crippen molar-refractivity contribution in [3.63, 3.8) is 0 Å². The zero-order valence-corrected chi connectivity index (χ0v) is 15.2. The maximum absolute atomic E-state index is 12.8. The molecule has 3 rings (SSSR count). The first-order valence-electron chi connectivity index (χ1n) is 7.42. The zero-order valence-electron chi connectivity index (χ0n) is 13.6. The Morgan fingerprint density at radius 2 is 1.83 bits per heavy atom. The number of hydrogen-bond donors (Lipinski definition) is 0. The number of fused-ring (bicyclic) bond motifs is 1. The third kappa shape index (κ3) is 2.95. The number of aromatic nitrogens is 1. The van der Waals surface area contributed by atoms with Gasteiger partial charge in [0, 0.05) is 20.0 Å². The van der Waals surface area contributed by atoms with Gasteiger partial charge in [0.25, 0.3) is 5.91 Å². The molecule has 1 aromatic heterocycles. The van der Waals surface area contributed by atoms with Crippen LogP contribution in [0.25, 0.3) is 0 Å². The second-order valence-corrected chi connectivity index (χ2v) is 10.3. The van der Waals surface area contributed by atoms with Gasteiger partial charge in [-0.15, -0.1) is 0 Å². The maximum atomic E-state index is 12.8. The number of hydrogen-bond acceptors (Lipinski definition) is 7. The van der Waals surface area contributed by atoms with Gasteiger partial charge in [-0.05, 0) is 6.92 Å². The minimum atomic E-state index is -3.55. The molecule has 2 atom stereocenters. The average molecular weight is 377 g/mol. The number of sulfone groups is 1. The van der Waals surface area contributed by atoms with Gasteiger partial charge in [-0.1, -0.05) is 0 Å². The van der Waals surface area contributed by atoms with Crippen molar-refractivity contribution in [2.75, 3.05) is 30.9 Å². The van der Waals surface area contributed by atoms with E-state index in [-0.39, 0.29) is 30.3 Å². The molecular formula is C13H19N3O6S2. The van der Waals surface area contributed by atoms with E-state index in [1.165, 1.54) is 9.21 Å². The highest BCUT2D eigenvalue weighted by molar-refractivity contribution is 7.92. The molecule has 0 saturated carbocycles. The number of oxazole rings is 1. The van der Waals surface area contributed by atoms with E-state index in [1.54, 1.807) is 13.8 Å². The van der Waals surface area contributed by atoms with Gasteiger partial charge in [0.05, 0.1) is 29.8 Å². The summed E-state index contributed by atoms with van der Waals surface area (Å²) in [7, 11) is -6.97. The molecule has 2 aliphatic heterocycles. The van der Waals surface area contributed by atoms with Crippen molar-refractivity contribution in [3.8, 4) is 0 Å². The summed E-state index contributed by atoms with van der Waals surface area (Å²) in [5.74, 6) is -0.234. The molecule has 1 aromatic rings. The topological polar surface area (TPSA) is 118 Å². The molecule has 0 aromatic carbocycles. The standard InChI is InChI=1S/C13H19N3O6S2/c1-8-12(14-9(2)22-8)13(17)15-4-5-16(23(3,18)19)11-7-24(20,21)6-10(11)15/h10-11H,4-7H2,1-3H3/t10-,11+/m0/s1. The second-order valence-electron chi connectivity index (χ2n) is 6.22. The molecule has 0 spiro atoms. The summed E-state index contributed by atoms with van der Waals surface area (Å²) in [6, 6.07) is -1.46. The van der Waals surface area contributed by atoms with E-state index in [0.29, 0.717) is 11.7 Å². The molecule has 3 heterocycles. The van der Waals surface area contributed by atoms with Crippen LogP contribution in [0.3, 0.4) is 0 Å². The van der Waals surface area contributed by atoms with Crippen LogP contribution in [-0.4, -0.2) is 79.9 Å². The van der Waals surface area contributed by atoms with Gasteiger partial charge < -0.3 is 9.32 Å². The summed E-state index contributed by atoms with van der Waals surface area (Å²) in [5, 5.41) is 0. The van der Waals surface area contributed by atoms with Crippen LogP contribution in [0.15, 0.2) is 4.42 Å². The Bertz CT molecular complexity index is 889. The summed E-state index contributed by atoms with van der Waals surface area (Å²) < 4.78 is 54.4. The number of carbonyl (C=O) groups is 1. The van der Waals surface area contributed by atoms with E-state index in [0.717, 1.165) is 6.26 Å². The third-order valence-corrected chi connectivity index (χ3v) is 7.42. The minimum absolute atomic E-state index is 0.0666. The van der Waals surface area contributed by atoms with E-state index in [1.807, 2.05) is 0 Å². The van der Waals surface area contributed by atoms with Crippen LogP contribution in [0.4, 0.5) is 0 Å². The molecular weight excluding hydrogens is 358 g/mol. The quantitative estimate of drug-likeness (QED) is 0.660. The van der Waals surface area contributed by atoms with E-state index in [9.17, 15) is 21.6 Å². The third-order valence-electron chi connectivity index (χ3n) is 4.42. The fraction of sp³-hybridized carbons (Fsp3) is 0.692. The number of amides is 1. The van der Waals surface area contributed by atoms with Crippen molar-refractivity contribution in [1.82, 2.24) is 14.2 Å². The highest BCUT2D eigenvalue weighted by Gasteiger charge is 2.51. The number of carbonyl (C=O) groups excluding carboxylic acids is 1.